The summed E-state index contributed by atoms with van der Waals surface area (Å²) < 4.78 is 0. The number of pyridine rings is 1. The van der Waals surface area contributed by atoms with Crippen LogP contribution in [0.5, 0.6) is 5.88 Å². The van der Waals surface area contributed by atoms with Gasteiger partial charge >= 0.3 is 0 Å². The molecule has 4 nitrogen and oxygen atoms in total. The summed E-state index contributed by atoms with van der Waals surface area (Å²) in [5.41, 5.74) is 6.71. The number of aromatic nitrogens is 1. The molecule has 0 saturated heterocycles. The van der Waals surface area contributed by atoms with Gasteiger partial charge in [0.05, 0.1) is 5.69 Å². The van der Waals surface area contributed by atoms with Crippen molar-refractivity contribution in [1.82, 2.24) is 4.98 Å². The van der Waals surface area contributed by atoms with Crippen LogP contribution in [0.1, 0.15) is 5.69 Å². The third-order valence-electron chi connectivity index (χ3n) is 1.14. The lowest BCUT2D eigenvalue weighted by atomic mass is 10.3. The van der Waals surface area contributed by atoms with E-state index in [0.29, 0.717) is 5.69 Å². The molecule has 0 saturated carbocycles. The van der Waals surface area contributed by atoms with Crippen LogP contribution in [0.2, 0.25) is 0 Å². The second-order valence-electron chi connectivity index (χ2n) is 1.96. The molecular weight excluding hydrogens is 130 g/mol. The molecular formula is C6H9N3O. The maximum atomic E-state index is 5.43. The lowest BCUT2D eigenvalue weighted by molar-refractivity contribution is 0.322. The SMILES string of the molecule is Cc1ccc(N)c(ON)n1. The number of anilines is 1. The van der Waals surface area contributed by atoms with Gasteiger partial charge in [0, 0.05) is 5.69 Å². The van der Waals surface area contributed by atoms with Crippen LogP contribution in [0.4, 0.5) is 5.69 Å². The Morgan fingerprint density at radius 3 is 2.70 bits per heavy atom. The molecule has 0 unspecified atom stereocenters. The monoisotopic (exact) mass is 139 g/mol. The van der Waals surface area contributed by atoms with Gasteiger partial charge in [0.1, 0.15) is 0 Å². The zero-order chi connectivity index (χ0) is 7.56. The van der Waals surface area contributed by atoms with Crippen LogP contribution < -0.4 is 16.5 Å². The summed E-state index contributed by atoms with van der Waals surface area (Å²) in [5, 5.41) is 0. The molecule has 1 rings (SSSR count). The van der Waals surface area contributed by atoms with Crippen LogP contribution >= 0.6 is 0 Å². The number of aryl methyl sites for hydroxylation is 1. The largest absolute Gasteiger partial charge is 0.394 e. The molecule has 4 heteroatoms. The second-order valence-corrected chi connectivity index (χ2v) is 1.96. The van der Waals surface area contributed by atoms with Crippen LogP contribution in [-0.2, 0) is 0 Å². The molecule has 0 aromatic carbocycles. The van der Waals surface area contributed by atoms with Gasteiger partial charge in [-0.2, -0.15) is 5.90 Å². The van der Waals surface area contributed by atoms with Crippen molar-refractivity contribution in [2.75, 3.05) is 5.73 Å². The Kier molecular flexibility index (Phi) is 1.73. The van der Waals surface area contributed by atoms with E-state index in [4.69, 9.17) is 11.6 Å². The standard InChI is InChI=1S/C6H9N3O/c1-4-2-3-5(7)6(9-4)10-8/h2-3H,7-8H2,1H3. The van der Waals surface area contributed by atoms with Crippen molar-refractivity contribution in [3.05, 3.63) is 17.8 Å². The highest BCUT2D eigenvalue weighted by Gasteiger charge is 1.98. The first kappa shape index (κ1) is 6.82. The Balaban J connectivity index is 3.09. The van der Waals surface area contributed by atoms with Gasteiger partial charge in [-0.25, -0.2) is 4.98 Å². The quantitative estimate of drug-likeness (QED) is 0.546. The summed E-state index contributed by atoms with van der Waals surface area (Å²) in [6, 6.07) is 3.49. The summed E-state index contributed by atoms with van der Waals surface area (Å²) >= 11 is 0. The number of nitrogen functional groups attached to an aromatic ring is 1. The molecule has 0 bridgehead atoms. The Hall–Kier alpha value is -1.29. The maximum Gasteiger partial charge on any atom is 0.260 e. The molecule has 0 radical (unpaired) electrons. The van der Waals surface area contributed by atoms with E-state index >= 15 is 0 Å². The highest BCUT2D eigenvalue weighted by molar-refractivity contribution is 5.47. The Labute approximate surface area is 58.8 Å². The summed E-state index contributed by atoms with van der Waals surface area (Å²) in [7, 11) is 0. The first-order valence-electron chi connectivity index (χ1n) is 2.84. The van der Waals surface area contributed by atoms with Crippen molar-refractivity contribution in [1.29, 1.82) is 0 Å². The number of hydrogen-bond donors (Lipinski definition) is 2. The van der Waals surface area contributed by atoms with Crippen molar-refractivity contribution in [2.24, 2.45) is 5.90 Å². The van der Waals surface area contributed by atoms with Gasteiger partial charge in [-0.3, -0.25) is 0 Å². The number of hydrogen-bond acceptors (Lipinski definition) is 4. The van der Waals surface area contributed by atoms with Crippen LogP contribution in [0.25, 0.3) is 0 Å². The van der Waals surface area contributed by atoms with Gasteiger partial charge in [0.25, 0.3) is 5.88 Å². The zero-order valence-corrected chi connectivity index (χ0v) is 5.66. The van der Waals surface area contributed by atoms with E-state index in [-0.39, 0.29) is 5.88 Å². The van der Waals surface area contributed by atoms with Crippen LogP contribution in [0, 0.1) is 6.92 Å². The van der Waals surface area contributed by atoms with Gasteiger partial charge < -0.3 is 10.6 Å². The normalized spacial score (nSPS) is 9.40. The van der Waals surface area contributed by atoms with Gasteiger partial charge in [-0.05, 0) is 19.1 Å². The average Bonchev–Trinajstić information content (AvgIpc) is 1.94. The molecule has 0 aliphatic rings. The smallest absolute Gasteiger partial charge is 0.260 e. The van der Waals surface area contributed by atoms with E-state index in [2.05, 4.69) is 9.82 Å². The lowest BCUT2D eigenvalue weighted by Crippen LogP contribution is -2.06. The minimum Gasteiger partial charge on any atom is -0.394 e. The summed E-state index contributed by atoms with van der Waals surface area (Å²) in [6.07, 6.45) is 0. The van der Waals surface area contributed by atoms with E-state index < -0.39 is 0 Å². The molecule has 0 fully saturated rings. The Morgan fingerprint density at radius 1 is 1.50 bits per heavy atom. The third kappa shape index (κ3) is 1.16. The van der Waals surface area contributed by atoms with Crippen LogP contribution in [0.3, 0.4) is 0 Å². The number of nitrogens with two attached hydrogens (primary N) is 2. The molecule has 54 valence electrons. The lowest BCUT2D eigenvalue weighted by Gasteiger charge is -2.00. The predicted molar refractivity (Wildman–Crippen MR) is 38.2 cm³/mol. The molecule has 0 aliphatic heterocycles. The van der Waals surface area contributed by atoms with Crippen molar-refractivity contribution in [3.8, 4) is 5.88 Å². The van der Waals surface area contributed by atoms with Crippen LogP contribution in [0.15, 0.2) is 12.1 Å². The topological polar surface area (TPSA) is 74.2 Å². The highest BCUT2D eigenvalue weighted by atomic mass is 16.6. The summed E-state index contributed by atoms with van der Waals surface area (Å²) in [5.74, 6) is 5.15. The van der Waals surface area contributed by atoms with Gasteiger partial charge in [0.15, 0.2) is 0 Å². The molecule has 10 heavy (non-hydrogen) atoms. The third-order valence-corrected chi connectivity index (χ3v) is 1.14. The molecule has 0 amide bonds. The number of rotatable bonds is 1. The molecule has 0 atom stereocenters. The minimum atomic E-state index is 0.278. The fraction of sp³-hybridized carbons (Fsp3) is 0.167. The molecule has 4 N–H and O–H groups in total. The van der Waals surface area contributed by atoms with E-state index in [0.717, 1.165) is 5.69 Å². The van der Waals surface area contributed by atoms with Gasteiger partial charge in [-0.1, -0.05) is 0 Å². The molecule has 1 aromatic heterocycles. The zero-order valence-electron chi connectivity index (χ0n) is 5.66. The number of nitrogens with zero attached hydrogens (tertiary/aromatic N) is 1. The fourth-order valence-electron chi connectivity index (χ4n) is 0.638. The minimum absolute atomic E-state index is 0.278. The molecule has 0 spiro atoms. The Bertz CT molecular complexity index is 236. The predicted octanol–water partition coefficient (Wildman–Crippen LogP) is 0.225. The molecule has 1 aromatic rings. The van der Waals surface area contributed by atoms with Crippen molar-refractivity contribution in [2.45, 2.75) is 6.92 Å². The van der Waals surface area contributed by atoms with Crippen LogP contribution in [-0.4, -0.2) is 4.98 Å². The fourth-order valence-corrected chi connectivity index (χ4v) is 0.638. The van der Waals surface area contributed by atoms with Crippen molar-refractivity contribution >= 4 is 5.69 Å². The van der Waals surface area contributed by atoms with E-state index in [9.17, 15) is 0 Å². The highest BCUT2D eigenvalue weighted by Crippen LogP contribution is 2.15. The van der Waals surface area contributed by atoms with E-state index in [1.807, 2.05) is 6.92 Å². The van der Waals surface area contributed by atoms with E-state index in [1.54, 1.807) is 12.1 Å². The molecule has 0 aliphatic carbocycles. The molecule has 1 heterocycles. The first-order valence-corrected chi connectivity index (χ1v) is 2.84. The average molecular weight is 139 g/mol. The Morgan fingerprint density at radius 2 is 2.20 bits per heavy atom. The van der Waals surface area contributed by atoms with Gasteiger partial charge in [-0.15, -0.1) is 0 Å². The summed E-state index contributed by atoms with van der Waals surface area (Å²) in [4.78, 5) is 8.31. The summed E-state index contributed by atoms with van der Waals surface area (Å²) in [6.45, 7) is 1.84. The van der Waals surface area contributed by atoms with Crippen molar-refractivity contribution < 1.29 is 4.84 Å². The van der Waals surface area contributed by atoms with Gasteiger partial charge in [0.2, 0.25) is 0 Å². The van der Waals surface area contributed by atoms with E-state index in [1.165, 1.54) is 0 Å². The second kappa shape index (κ2) is 2.53. The first-order chi connectivity index (χ1) is 4.74. The van der Waals surface area contributed by atoms with Crippen molar-refractivity contribution in [3.63, 3.8) is 0 Å². The maximum absolute atomic E-state index is 5.43.